The summed E-state index contributed by atoms with van der Waals surface area (Å²) in [6.07, 6.45) is -17.2. The monoisotopic (exact) mass is 606 g/mol. The van der Waals surface area contributed by atoms with Crippen LogP contribution in [0.5, 0.6) is 17.2 Å². The molecule has 43 heavy (non-hydrogen) atoms. The molecule has 0 saturated carbocycles. The number of rotatable bonds is 7. The van der Waals surface area contributed by atoms with Crippen LogP contribution in [-0.4, -0.2) is 110 Å². The van der Waals surface area contributed by atoms with E-state index in [0.29, 0.717) is 11.3 Å². The zero-order chi connectivity index (χ0) is 31.2. The van der Waals surface area contributed by atoms with Crippen molar-refractivity contribution in [2.24, 2.45) is 0 Å². The Morgan fingerprint density at radius 3 is 2.19 bits per heavy atom. The summed E-state index contributed by atoms with van der Waals surface area (Å²) >= 11 is 0. The minimum Gasteiger partial charge on any atom is -0.507 e. The zero-order valence-electron chi connectivity index (χ0n) is 22.7. The molecule has 1 aromatic heterocycles. The normalized spacial score (nSPS) is 32.8. The van der Waals surface area contributed by atoms with Gasteiger partial charge in [-0.15, -0.1) is 0 Å². The van der Waals surface area contributed by atoms with E-state index in [0.717, 1.165) is 6.07 Å². The molecule has 0 bridgehead atoms. The van der Waals surface area contributed by atoms with Crippen molar-refractivity contribution in [2.45, 2.75) is 68.3 Å². The van der Waals surface area contributed by atoms with Crippen LogP contribution < -0.4 is 14.9 Å². The number of aliphatic hydroxyl groups excluding tert-OH is 5. The van der Waals surface area contributed by atoms with Crippen LogP contribution >= 0.6 is 0 Å². The van der Waals surface area contributed by atoms with E-state index in [1.54, 1.807) is 24.3 Å². The van der Waals surface area contributed by atoms with Crippen LogP contribution in [-0.2, 0) is 19.0 Å². The van der Waals surface area contributed by atoms with Gasteiger partial charge in [0.15, 0.2) is 23.9 Å². The first kappa shape index (κ1) is 30.7. The molecule has 2 saturated heterocycles. The van der Waals surface area contributed by atoms with Gasteiger partial charge in [-0.2, -0.15) is 0 Å². The fraction of sp³-hybridized carbons (Fsp3) is 0.429. The number of carboxylic acid groups (broad SMARTS) is 1. The van der Waals surface area contributed by atoms with Crippen LogP contribution in [0.3, 0.4) is 0 Å². The number of hydrogen-bond donors (Lipinski definition) is 7. The summed E-state index contributed by atoms with van der Waals surface area (Å²) in [6, 6.07) is 10.0. The first-order chi connectivity index (χ1) is 20.4. The van der Waals surface area contributed by atoms with Gasteiger partial charge in [-0.3, -0.25) is 4.79 Å². The van der Waals surface area contributed by atoms with Crippen molar-refractivity contribution in [3.05, 3.63) is 52.7 Å². The number of benzene rings is 2. The smallest absolute Gasteiger partial charge is 0.335 e. The molecule has 0 aliphatic carbocycles. The lowest BCUT2D eigenvalue weighted by Crippen LogP contribution is -2.65. The maximum absolute atomic E-state index is 12.9. The van der Waals surface area contributed by atoms with Crippen LogP contribution in [0.15, 0.2) is 51.7 Å². The number of carboxylic acids is 1. The highest BCUT2D eigenvalue weighted by Crippen LogP contribution is 2.35. The van der Waals surface area contributed by atoms with E-state index < -0.39 is 78.6 Å². The highest BCUT2D eigenvalue weighted by Gasteiger charge is 2.52. The van der Waals surface area contributed by atoms with Crippen molar-refractivity contribution in [2.75, 3.05) is 7.11 Å². The van der Waals surface area contributed by atoms with Gasteiger partial charge in [0.2, 0.25) is 6.29 Å². The van der Waals surface area contributed by atoms with E-state index >= 15 is 0 Å². The van der Waals surface area contributed by atoms with Gasteiger partial charge >= 0.3 is 5.97 Å². The van der Waals surface area contributed by atoms with Crippen LogP contribution in [0, 0.1) is 0 Å². The average Bonchev–Trinajstić information content (AvgIpc) is 2.97. The van der Waals surface area contributed by atoms with Gasteiger partial charge < -0.3 is 63.8 Å². The lowest BCUT2D eigenvalue weighted by molar-refractivity contribution is -0.351. The molecule has 2 aliphatic rings. The number of phenols is 1. The van der Waals surface area contributed by atoms with E-state index in [2.05, 4.69) is 0 Å². The van der Waals surface area contributed by atoms with Gasteiger partial charge in [-0.25, -0.2) is 4.79 Å². The summed E-state index contributed by atoms with van der Waals surface area (Å²) in [4.78, 5) is 24.6. The van der Waals surface area contributed by atoms with Crippen molar-refractivity contribution in [3.63, 3.8) is 0 Å². The summed E-state index contributed by atoms with van der Waals surface area (Å²) in [5.74, 6) is -1.70. The molecule has 232 valence electrons. The number of fused-ring (bicyclic) bond motifs is 1. The lowest BCUT2D eigenvalue weighted by atomic mass is 9.97. The number of carbonyl (C=O) groups is 1. The van der Waals surface area contributed by atoms with E-state index in [1.807, 2.05) is 0 Å². The largest absolute Gasteiger partial charge is 0.507 e. The molecule has 7 N–H and O–H groups in total. The molecule has 0 spiro atoms. The Labute approximate surface area is 242 Å². The van der Waals surface area contributed by atoms with Crippen molar-refractivity contribution >= 4 is 16.9 Å². The highest BCUT2D eigenvalue weighted by atomic mass is 16.8. The number of hydrogen-bond acceptors (Lipinski definition) is 14. The number of aliphatic carboxylic acids is 1. The molecule has 5 rings (SSSR count). The van der Waals surface area contributed by atoms with Crippen LogP contribution in [0.4, 0.5) is 0 Å². The Bertz CT molecular complexity index is 1520. The third-order valence-electron chi connectivity index (χ3n) is 7.30. The van der Waals surface area contributed by atoms with E-state index in [-0.39, 0.29) is 22.5 Å². The second-order valence-electron chi connectivity index (χ2n) is 10.2. The maximum atomic E-state index is 12.9. The van der Waals surface area contributed by atoms with E-state index in [4.69, 9.17) is 28.1 Å². The molecule has 3 aromatic rings. The zero-order valence-corrected chi connectivity index (χ0v) is 22.7. The summed E-state index contributed by atoms with van der Waals surface area (Å²) in [7, 11) is 1.50. The van der Waals surface area contributed by atoms with Gasteiger partial charge in [-0.1, -0.05) is 0 Å². The second kappa shape index (κ2) is 12.1. The maximum Gasteiger partial charge on any atom is 0.335 e. The summed E-state index contributed by atoms with van der Waals surface area (Å²) < 4.78 is 33.2. The molecule has 15 heteroatoms. The predicted octanol–water partition coefficient (Wildman–Crippen LogP) is -0.703. The molecule has 15 nitrogen and oxygen atoms in total. The molecule has 3 heterocycles. The first-order valence-electron chi connectivity index (χ1n) is 13.1. The van der Waals surface area contributed by atoms with Gasteiger partial charge in [0.05, 0.1) is 13.2 Å². The Kier molecular flexibility index (Phi) is 8.60. The number of phenolic OH excluding ortho intramolecular Hbond substituents is 1. The number of aromatic hydroxyl groups is 1. The number of ether oxygens (including phenoxy) is 5. The van der Waals surface area contributed by atoms with E-state index in [1.165, 1.54) is 26.2 Å². The van der Waals surface area contributed by atoms with Gasteiger partial charge in [0.25, 0.3) is 0 Å². The molecule has 10 atom stereocenters. The molecular formula is C28H30O15. The molecule has 2 unspecified atom stereocenters. The summed E-state index contributed by atoms with van der Waals surface area (Å²) in [5.41, 5.74) is -0.174. The fourth-order valence-corrected chi connectivity index (χ4v) is 4.90. The predicted molar refractivity (Wildman–Crippen MR) is 142 cm³/mol. The lowest BCUT2D eigenvalue weighted by Gasteiger charge is -2.45. The SMILES string of the molecule is COc1ccc(-c2cc(=O)c3c(O)cc(OC4O[C@H](C(=O)O)[C@H](O)[C@H](O)[C@H]4OC4O[C@H](C)[C@@H](O)[C@H](O)[C@@H]4O)cc3o2)cc1. The highest BCUT2D eigenvalue weighted by molar-refractivity contribution is 5.86. The quantitative estimate of drug-likeness (QED) is 0.176. The number of aliphatic hydroxyl groups is 5. The Morgan fingerprint density at radius 1 is 0.837 bits per heavy atom. The number of methoxy groups -OCH3 is 1. The fourth-order valence-electron chi connectivity index (χ4n) is 4.90. The minimum atomic E-state index is -2.02. The molecule has 2 aromatic carbocycles. The van der Waals surface area contributed by atoms with Crippen LogP contribution in [0.2, 0.25) is 0 Å². The molecule has 0 radical (unpaired) electrons. The summed E-state index contributed by atoms with van der Waals surface area (Å²) in [5, 5.41) is 71.7. The summed E-state index contributed by atoms with van der Waals surface area (Å²) in [6.45, 7) is 1.39. The average molecular weight is 607 g/mol. The van der Waals surface area contributed by atoms with Crippen molar-refractivity contribution in [3.8, 4) is 28.6 Å². The van der Waals surface area contributed by atoms with Crippen molar-refractivity contribution in [1.29, 1.82) is 0 Å². The van der Waals surface area contributed by atoms with Gasteiger partial charge in [0, 0.05) is 23.8 Å². The Morgan fingerprint density at radius 2 is 1.53 bits per heavy atom. The molecule has 2 aliphatic heterocycles. The first-order valence-corrected chi connectivity index (χ1v) is 13.1. The molecule has 2 fully saturated rings. The minimum absolute atomic E-state index is 0.117. The van der Waals surface area contributed by atoms with Crippen LogP contribution in [0.1, 0.15) is 6.92 Å². The van der Waals surface area contributed by atoms with E-state index in [9.17, 15) is 45.3 Å². The Hall–Kier alpha value is -3.80. The standard InChI is InChI=1S/C28H30O15/c1-10-19(31)20(32)23(35)27(39-10)43-25-22(34)21(33)24(26(36)37)42-28(25)40-13-7-14(29)18-15(30)9-16(41-17(18)8-13)11-3-5-12(38-2)6-4-11/h3-10,19-25,27-29,31-35H,1-2H3,(H,36,37)/t10-,19-,20+,21-,22+,23+,24+,25-,27?,28?/m1/s1. The van der Waals surface area contributed by atoms with Gasteiger partial charge in [-0.05, 0) is 31.2 Å². The van der Waals surface area contributed by atoms with Crippen molar-refractivity contribution in [1.82, 2.24) is 0 Å². The second-order valence-corrected chi connectivity index (χ2v) is 10.2. The third kappa shape index (κ3) is 5.89. The molecule has 0 amide bonds. The van der Waals surface area contributed by atoms with Crippen molar-refractivity contribution < 1.29 is 68.6 Å². The Balaban J connectivity index is 1.49. The van der Waals surface area contributed by atoms with Crippen LogP contribution in [0.25, 0.3) is 22.3 Å². The third-order valence-corrected chi connectivity index (χ3v) is 7.30. The topological polar surface area (TPSA) is 235 Å². The van der Waals surface area contributed by atoms with Gasteiger partial charge in [0.1, 0.15) is 64.5 Å². The molecular weight excluding hydrogens is 576 g/mol.